The first kappa shape index (κ1) is 21.8. The molecule has 8 heteroatoms. The lowest BCUT2D eigenvalue weighted by Gasteiger charge is -2.04. The average Bonchev–Trinajstić information content (AvgIpc) is 2.97. The maximum atomic E-state index is 13.7. The standard InChI is InChI=1S/C15H18FN3OS.2ClH/c1-2-7-17-8-9-18-14(20)13-10-21-15(19-13)11-5-3-4-6-12(11)16;;/h3-6,10,17H,2,7-9H2,1H3,(H,18,20);2*1H. The number of hydrogen-bond acceptors (Lipinski definition) is 4. The Hall–Kier alpha value is -1.21. The summed E-state index contributed by atoms with van der Waals surface area (Å²) in [6.45, 7) is 4.30. The number of thiazole rings is 1. The van der Waals surface area contributed by atoms with Crippen molar-refractivity contribution in [3.05, 3.63) is 41.2 Å². The predicted molar refractivity (Wildman–Crippen MR) is 97.5 cm³/mol. The molecular weight excluding hydrogens is 360 g/mol. The molecule has 0 atom stereocenters. The molecule has 4 nitrogen and oxygen atoms in total. The van der Waals surface area contributed by atoms with Crippen molar-refractivity contribution in [2.45, 2.75) is 13.3 Å². The van der Waals surface area contributed by atoms with Gasteiger partial charge in [-0.3, -0.25) is 4.79 Å². The predicted octanol–water partition coefficient (Wildman–Crippen LogP) is 3.52. The molecule has 0 fully saturated rings. The van der Waals surface area contributed by atoms with Crippen LogP contribution in [0.5, 0.6) is 0 Å². The molecule has 1 aromatic carbocycles. The Balaban J connectivity index is 0.00000242. The number of carbonyl (C=O) groups is 1. The normalized spacial score (nSPS) is 9.65. The van der Waals surface area contributed by atoms with Gasteiger partial charge in [0.15, 0.2) is 0 Å². The van der Waals surface area contributed by atoms with Crippen molar-refractivity contribution in [2.75, 3.05) is 19.6 Å². The van der Waals surface area contributed by atoms with Gasteiger partial charge >= 0.3 is 0 Å². The van der Waals surface area contributed by atoms with E-state index in [4.69, 9.17) is 0 Å². The fourth-order valence-corrected chi connectivity index (χ4v) is 2.62. The summed E-state index contributed by atoms with van der Waals surface area (Å²) in [7, 11) is 0. The van der Waals surface area contributed by atoms with Gasteiger partial charge in [0.25, 0.3) is 5.91 Å². The van der Waals surface area contributed by atoms with Crippen LogP contribution in [0, 0.1) is 5.82 Å². The molecule has 1 aromatic heterocycles. The summed E-state index contributed by atoms with van der Waals surface area (Å²) in [4.78, 5) is 16.1. The van der Waals surface area contributed by atoms with Gasteiger partial charge in [0, 0.05) is 24.0 Å². The Kier molecular flexibility index (Phi) is 10.7. The molecule has 128 valence electrons. The minimum atomic E-state index is -0.331. The highest BCUT2D eigenvalue weighted by molar-refractivity contribution is 7.13. The fraction of sp³-hybridized carbons (Fsp3) is 0.333. The van der Waals surface area contributed by atoms with Gasteiger partial charge in [-0.25, -0.2) is 9.37 Å². The molecule has 0 saturated heterocycles. The Morgan fingerprint density at radius 3 is 2.65 bits per heavy atom. The first-order valence-electron chi connectivity index (χ1n) is 6.91. The van der Waals surface area contributed by atoms with E-state index >= 15 is 0 Å². The summed E-state index contributed by atoms with van der Waals surface area (Å²) in [6, 6.07) is 6.42. The zero-order valence-electron chi connectivity index (χ0n) is 12.7. The van der Waals surface area contributed by atoms with Crippen LogP contribution in [-0.2, 0) is 0 Å². The highest BCUT2D eigenvalue weighted by Crippen LogP contribution is 2.25. The minimum Gasteiger partial charge on any atom is -0.349 e. The van der Waals surface area contributed by atoms with Crippen LogP contribution in [-0.4, -0.2) is 30.5 Å². The highest BCUT2D eigenvalue weighted by atomic mass is 35.5. The Morgan fingerprint density at radius 2 is 1.96 bits per heavy atom. The lowest BCUT2D eigenvalue weighted by atomic mass is 10.2. The van der Waals surface area contributed by atoms with Crippen LogP contribution < -0.4 is 10.6 Å². The molecule has 0 saturated carbocycles. The van der Waals surface area contributed by atoms with Crippen LogP contribution in [0.4, 0.5) is 4.39 Å². The van der Waals surface area contributed by atoms with Crippen LogP contribution in [0.15, 0.2) is 29.6 Å². The molecule has 23 heavy (non-hydrogen) atoms. The molecule has 0 aliphatic rings. The van der Waals surface area contributed by atoms with E-state index in [1.54, 1.807) is 23.6 Å². The van der Waals surface area contributed by atoms with Crippen molar-refractivity contribution in [3.8, 4) is 10.6 Å². The quantitative estimate of drug-likeness (QED) is 0.723. The molecule has 0 unspecified atom stereocenters. The number of amides is 1. The van der Waals surface area contributed by atoms with Crippen molar-refractivity contribution in [1.82, 2.24) is 15.6 Å². The zero-order chi connectivity index (χ0) is 15.1. The van der Waals surface area contributed by atoms with Crippen LogP contribution in [0.1, 0.15) is 23.8 Å². The first-order chi connectivity index (χ1) is 10.2. The van der Waals surface area contributed by atoms with Crippen LogP contribution in [0.25, 0.3) is 10.6 Å². The van der Waals surface area contributed by atoms with Crippen molar-refractivity contribution in [3.63, 3.8) is 0 Å². The van der Waals surface area contributed by atoms with Gasteiger partial charge in [0.1, 0.15) is 16.5 Å². The Bertz CT molecular complexity index is 610. The van der Waals surface area contributed by atoms with Crippen molar-refractivity contribution < 1.29 is 9.18 Å². The second-order valence-electron chi connectivity index (χ2n) is 4.52. The van der Waals surface area contributed by atoms with E-state index in [2.05, 4.69) is 22.5 Å². The summed E-state index contributed by atoms with van der Waals surface area (Å²) in [5, 5.41) is 8.15. The largest absolute Gasteiger partial charge is 0.349 e. The molecule has 1 amide bonds. The lowest BCUT2D eigenvalue weighted by molar-refractivity contribution is 0.0949. The van der Waals surface area contributed by atoms with E-state index in [1.165, 1.54) is 17.4 Å². The first-order valence-corrected chi connectivity index (χ1v) is 7.79. The van der Waals surface area contributed by atoms with E-state index in [0.29, 0.717) is 22.8 Å². The number of halogens is 3. The van der Waals surface area contributed by atoms with Gasteiger partial charge in [-0.15, -0.1) is 36.2 Å². The number of aromatic nitrogens is 1. The van der Waals surface area contributed by atoms with E-state index in [9.17, 15) is 9.18 Å². The summed E-state index contributed by atoms with van der Waals surface area (Å²) in [5.41, 5.74) is 0.750. The smallest absolute Gasteiger partial charge is 0.270 e. The summed E-state index contributed by atoms with van der Waals surface area (Å²) in [6.07, 6.45) is 1.06. The molecule has 0 aliphatic carbocycles. The number of nitrogens with one attached hydrogen (secondary N) is 2. The molecule has 0 radical (unpaired) electrons. The molecule has 2 aromatic rings. The average molecular weight is 380 g/mol. The van der Waals surface area contributed by atoms with E-state index in [0.717, 1.165) is 19.5 Å². The molecule has 0 spiro atoms. The molecule has 0 aliphatic heterocycles. The number of hydrogen-bond donors (Lipinski definition) is 2. The van der Waals surface area contributed by atoms with E-state index in [-0.39, 0.29) is 36.5 Å². The molecule has 2 rings (SSSR count). The zero-order valence-corrected chi connectivity index (χ0v) is 15.1. The van der Waals surface area contributed by atoms with Crippen molar-refractivity contribution in [2.24, 2.45) is 0 Å². The third-order valence-corrected chi connectivity index (χ3v) is 3.73. The highest BCUT2D eigenvalue weighted by Gasteiger charge is 2.13. The summed E-state index contributed by atoms with van der Waals surface area (Å²) >= 11 is 1.26. The maximum absolute atomic E-state index is 13.7. The van der Waals surface area contributed by atoms with Gasteiger partial charge in [0.05, 0.1) is 0 Å². The second kappa shape index (κ2) is 11.3. The molecular formula is C15H20Cl2FN3OS. The van der Waals surface area contributed by atoms with Gasteiger partial charge < -0.3 is 10.6 Å². The number of rotatable bonds is 7. The van der Waals surface area contributed by atoms with Crippen LogP contribution in [0.2, 0.25) is 0 Å². The van der Waals surface area contributed by atoms with Gasteiger partial charge in [-0.2, -0.15) is 0 Å². The lowest BCUT2D eigenvalue weighted by Crippen LogP contribution is -2.32. The fourth-order valence-electron chi connectivity index (χ4n) is 1.79. The topological polar surface area (TPSA) is 54.0 Å². The second-order valence-corrected chi connectivity index (χ2v) is 5.38. The Labute approximate surface area is 151 Å². The number of nitrogens with zero attached hydrogens (tertiary/aromatic N) is 1. The van der Waals surface area contributed by atoms with Crippen LogP contribution >= 0.6 is 36.2 Å². The summed E-state index contributed by atoms with van der Waals surface area (Å²) < 4.78 is 13.7. The van der Waals surface area contributed by atoms with Crippen LogP contribution in [0.3, 0.4) is 0 Å². The number of carbonyl (C=O) groups excluding carboxylic acids is 1. The summed E-state index contributed by atoms with van der Waals surface area (Å²) in [5.74, 6) is -0.560. The van der Waals surface area contributed by atoms with Gasteiger partial charge in [-0.1, -0.05) is 19.1 Å². The third kappa shape index (κ3) is 6.43. The molecule has 1 heterocycles. The van der Waals surface area contributed by atoms with Gasteiger partial charge in [-0.05, 0) is 25.1 Å². The van der Waals surface area contributed by atoms with Crippen molar-refractivity contribution in [1.29, 1.82) is 0 Å². The SMILES string of the molecule is CCCNCCNC(=O)c1csc(-c2ccccc2F)n1.Cl.Cl. The number of benzene rings is 1. The van der Waals surface area contributed by atoms with E-state index < -0.39 is 0 Å². The third-order valence-electron chi connectivity index (χ3n) is 2.86. The Morgan fingerprint density at radius 1 is 1.22 bits per heavy atom. The minimum absolute atomic E-state index is 0. The molecule has 2 N–H and O–H groups in total. The van der Waals surface area contributed by atoms with Crippen molar-refractivity contribution >= 4 is 42.1 Å². The van der Waals surface area contributed by atoms with Gasteiger partial charge in [0.2, 0.25) is 0 Å². The maximum Gasteiger partial charge on any atom is 0.270 e. The van der Waals surface area contributed by atoms with E-state index in [1.807, 2.05) is 0 Å². The molecule has 0 bridgehead atoms. The monoisotopic (exact) mass is 379 g/mol.